The highest BCUT2D eigenvalue weighted by molar-refractivity contribution is 7.89. The molecule has 2 N–H and O–H groups in total. The van der Waals surface area contributed by atoms with Gasteiger partial charge < -0.3 is 14.8 Å². The molecule has 8 heteroatoms. The zero-order chi connectivity index (χ0) is 19.9. The summed E-state index contributed by atoms with van der Waals surface area (Å²) in [5, 5.41) is 2.77. The minimum Gasteiger partial charge on any atom is -0.493 e. The molecule has 2 aromatic carbocycles. The molecule has 2 rings (SSSR count). The number of nitrogens with one attached hydrogen (secondary N) is 2. The van der Waals surface area contributed by atoms with Crippen LogP contribution in [0.4, 0.5) is 0 Å². The van der Waals surface area contributed by atoms with Gasteiger partial charge in [-0.1, -0.05) is 18.1 Å². The van der Waals surface area contributed by atoms with Crippen LogP contribution in [-0.4, -0.2) is 35.1 Å². The molecule has 0 saturated heterocycles. The number of hydrogen-bond donors (Lipinski definition) is 2. The first-order chi connectivity index (χ1) is 12.9. The van der Waals surface area contributed by atoms with Crippen molar-refractivity contribution in [1.82, 2.24) is 10.0 Å². The maximum absolute atomic E-state index is 12.3. The number of terminal acetylenes is 1. The number of hydrogen-bond acceptors (Lipinski definition) is 5. The molecule has 0 aliphatic heterocycles. The highest BCUT2D eigenvalue weighted by Crippen LogP contribution is 2.30. The van der Waals surface area contributed by atoms with Gasteiger partial charge in [0.15, 0.2) is 11.5 Å². The van der Waals surface area contributed by atoms with Crippen molar-refractivity contribution in [2.45, 2.75) is 11.4 Å². The standard InChI is InChI=1S/C19H20N2O5S/c1-4-12-21-27(23,24)16-10-8-14(9-11-16)19(22)20-13-15-6-5-7-17(25-2)18(15)26-3/h1,5-11,21H,12-13H2,2-3H3,(H,20,22). The van der Waals surface area contributed by atoms with Gasteiger partial charge in [0.1, 0.15) is 0 Å². The number of para-hydroxylation sites is 1. The van der Waals surface area contributed by atoms with Crippen molar-refractivity contribution in [3.05, 3.63) is 53.6 Å². The van der Waals surface area contributed by atoms with Crippen LogP contribution < -0.4 is 19.5 Å². The van der Waals surface area contributed by atoms with E-state index in [-0.39, 0.29) is 23.9 Å². The molecule has 27 heavy (non-hydrogen) atoms. The van der Waals surface area contributed by atoms with Crippen molar-refractivity contribution >= 4 is 15.9 Å². The summed E-state index contributed by atoms with van der Waals surface area (Å²) in [6, 6.07) is 10.9. The molecule has 0 saturated carbocycles. The molecular weight excluding hydrogens is 368 g/mol. The number of amides is 1. The Bertz CT molecular complexity index is 947. The van der Waals surface area contributed by atoms with Crippen molar-refractivity contribution in [2.75, 3.05) is 20.8 Å². The maximum Gasteiger partial charge on any atom is 0.251 e. The molecule has 0 aliphatic carbocycles. The molecule has 0 fully saturated rings. The summed E-state index contributed by atoms with van der Waals surface area (Å²) in [6.07, 6.45) is 5.05. The number of rotatable bonds is 8. The molecule has 7 nitrogen and oxygen atoms in total. The summed E-state index contributed by atoms with van der Waals surface area (Å²) in [4.78, 5) is 12.4. The number of carbonyl (C=O) groups is 1. The van der Waals surface area contributed by atoms with Crippen LogP contribution in [0.1, 0.15) is 15.9 Å². The normalized spacial score (nSPS) is 10.7. The molecule has 0 spiro atoms. The lowest BCUT2D eigenvalue weighted by Crippen LogP contribution is -2.25. The van der Waals surface area contributed by atoms with Crippen LogP contribution in [0, 0.1) is 12.3 Å². The summed E-state index contributed by atoms with van der Waals surface area (Å²) >= 11 is 0. The van der Waals surface area contributed by atoms with Crippen LogP contribution >= 0.6 is 0 Å². The first-order valence-electron chi connectivity index (χ1n) is 7.94. The van der Waals surface area contributed by atoms with Gasteiger partial charge in [0.05, 0.1) is 25.7 Å². The zero-order valence-corrected chi connectivity index (χ0v) is 15.8. The van der Waals surface area contributed by atoms with Crippen LogP contribution in [0.3, 0.4) is 0 Å². The van der Waals surface area contributed by atoms with Gasteiger partial charge in [-0.05, 0) is 30.3 Å². The maximum atomic E-state index is 12.3. The Balaban J connectivity index is 2.08. The first-order valence-corrected chi connectivity index (χ1v) is 9.42. The van der Waals surface area contributed by atoms with E-state index in [2.05, 4.69) is 16.0 Å². The summed E-state index contributed by atoms with van der Waals surface area (Å²) in [5.74, 6) is 2.96. The van der Waals surface area contributed by atoms with Gasteiger partial charge in [0, 0.05) is 17.7 Å². The van der Waals surface area contributed by atoms with E-state index in [1.54, 1.807) is 12.1 Å². The molecule has 0 aromatic heterocycles. The van der Waals surface area contributed by atoms with E-state index < -0.39 is 10.0 Å². The van der Waals surface area contributed by atoms with E-state index in [4.69, 9.17) is 15.9 Å². The third kappa shape index (κ3) is 5.00. The van der Waals surface area contributed by atoms with Gasteiger partial charge in [-0.25, -0.2) is 8.42 Å². The largest absolute Gasteiger partial charge is 0.493 e. The van der Waals surface area contributed by atoms with Gasteiger partial charge in [0.25, 0.3) is 5.91 Å². The van der Waals surface area contributed by atoms with E-state index >= 15 is 0 Å². The third-order valence-electron chi connectivity index (χ3n) is 3.71. The lowest BCUT2D eigenvalue weighted by molar-refractivity contribution is 0.0950. The molecule has 0 aliphatic rings. The molecule has 0 radical (unpaired) electrons. The smallest absolute Gasteiger partial charge is 0.251 e. The van der Waals surface area contributed by atoms with E-state index in [1.165, 1.54) is 38.5 Å². The predicted molar refractivity (Wildman–Crippen MR) is 101 cm³/mol. The number of carbonyl (C=O) groups excluding carboxylic acids is 1. The molecule has 2 aromatic rings. The second-order valence-electron chi connectivity index (χ2n) is 5.39. The van der Waals surface area contributed by atoms with E-state index in [0.29, 0.717) is 17.1 Å². The Hall–Kier alpha value is -3.02. The monoisotopic (exact) mass is 388 g/mol. The summed E-state index contributed by atoms with van der Waals surface area (Å²) in [6.45, 7) is 0.121. The predicted octanol–water partition coefficient (Wildman–Crippen LogP) is 1.55. The second-order valence-corrected chi connectivity index (χ2v) is 7.16. The van der Waals surface area contributed by atoms with Crippen LogP contribution in [0.2, 0.25) is 0 Å². The van der Waals surface area contributed by atoms with E-state index in [9.17, 15) is 13.2 Å². The summed E-state index contributed by atoms with van der Waals surface area (Å²) < 4.78 is 36.8. The van der Waals surface area contributed by atoms with Crippen molar-refractivity contribution in [3.63, 3.8) is 0 Å². The highest BCUT2D eigenvalue weighted by Gasteiger charge is 2.15. The molecule has 142 valence electrons. The average Bonchev–Trinajstić information content (AvgIpc) is 2.70. The molecule has 1 amide bonds. The lowest BCUT2D eigenvalue weighted by atomic mass is 10.1. The Labute approximate surface area is 158 Å². The fourth-order valence-electron chi connectivity index (χ4n) is 2.38. The molecule has 0 heterocycles. The Morgan fingerprint density at radius 1 is 1.11 bits per heavy atom. The first kappa shape index (κ1) is 20.3. The highest BCUT2D eigenvalue weighted by atomic mass is 32.2. The summed E-state index contributed by atoms with van der Waals surface area (Å²) in [7, 11) is -0.631. The minimum absolute atomic E-state index is 0.0313. The van der Waals surface area contributed by atoms with Gasteiger partial charge in [-0.3, -0.25) is 4.79 Å². The van der Waals surface area contributed by atoms with E-state index in [0.717, 1.165) is 5.56 Å². The quantitative estimate of drug-likeness (QED) is 0.669. The van der Waals surface area contributed by atoms with Crippen LogP contribution in [0.5, 0.6) is 11.5 Å². The SMILES string of the molecule is C#CCNS(=O)(=O)c1ccc(C(=O)NCc2cccc(OC)c2OC)cc1. The number of methoxy groups -OCH3 is 2. The summed E-state index contributed by atoms with van der Waals surface area (Å²) in [5.41, 5.74) is 1.08. The number of sulfonamides is 1. The molecule has 0 bridgehead atoms. The number of benzene rings is 2. The third-order valence-corrected chi connectivity index (χ3v) is 5.13. The van der Waals surface area contributed by atoms with Gasteiger partial charge in [-0.15, -0.1) is 6.42 Å². The second kappa shape index (κ2) is 9.07. The molecule has 0 unspecified atom stereocenters. The van der Waals surface area contributed by atoms with Crippen molar-refractivity contribution in [3.8, 4) is 23.8 Å². The van der Waals surface area contributed by atoms with Crippen LogP contribution in [0.25, 0.3) is 0 Å². The fourth-order valence-corrected chi connectivity index (χ4v) is 3.31. The molecular formula is C19H20N2O5S. The van der Waals surface area contributed by atoms with Crippen LogP contribution in [0.15, 0.2) is 47.4 Å². The topological polar surface area (TPSA) is 93.7 Å². The average molecular weight is 388 g/mol. The van der Waals surface area contributed by atoms with Crippen molar-refractivity contribution in [2.24, 2.45) is 0 Å². The zero-order valence-electron chi connectivity index (χ0n) is 15.0. The fraction of sp³-hybridized carbons (Fsp3) is 0.211. The minimum atomic E-state index is -3.69. The van der Waals surface area contributed by atoms with Crippen LogP contribution in [-0.2, 0) is 16.6 Å². The molecule has 0 atom stereocenters. The van der Waals surface area contributed by atoms with Gasteiger partial charge in [-0.2, -0.15) is 4.72 Å². The number of ether oxygens (including phenoxy) is 2. The van der Waals surface area contributed by atoms with Gasteiger partial charge in [0.2, 0.25) is 10.0 Å². The lowest BCUT2D eigenvalue weighted by Gasteiger charge is -2.13. The van der Waals surface area contributed by atoms with Crippen molar-refractivity contribution in [1.29, 1.82) is 0 Å². The Morgan fingerprint density at radius 2 is 1.81 bits per heavy atom. The Morgan fingerprint density at radius 3 is 2.41 bits per heavy atom. The van der Waals surface area contributed by atoms with E-state index in [1.807, 2.05) is 6.07 Å². The Kier molecular flexibility index (Phi) is 6.82. The van der Waals surface area contributed by atoms with Crippen molar-refractivity contribution < 1.29 is 22.7 Å². The van der Waals surface area contributed by atoms with Gasteiger partial charge >= 0.3 is 0 Å².